The fourth-order valence-corrected chi connectivity index (χ4v) is 5.64. The van der Waals surface area contributed by atoms with Crippen LogP contribution in [0.5, 0.6) is 17.4 Å². The third-order valence-electron chi connectivity index (χ3n) is 6.19. The van der Waals surface area contributed by atoms with Crippen LogP contribution in [0.15, 0.2) is 59.5 Å². The Kier molecular flexibility index (Phi) is 6.85. The first-order chi connectivity index (χ1) is 18.2. The monoisotopic (exact) mass is 551 g/mol. The Morgan fingerprint density at radius 2 is 1.74 bits per heavy atom. The summed E-state index contributed by atoms with van der Waals surface area (Å²) in [4.78, 5) is 4.68. The highest BCUT2D eigenvalue weighted by molar-refractivity contribution is 7.92. The molecule has 0 aliphatic carbocycles. The molecule has 5 aromatic rings. The van der Waals surface area contributed by atoms with Crippen LogP contribution in [0.1, 0.15) is 30.3 Å². The Morgan fingerprint density at radius 1 is 1.00 bits per heavy atom. The van der Waals surface area contributed by atoms with Crippen molar-refractivity contribution in [1.82, 2.24) is 19.6 Å². The number of methoxy groups -OCH3 is 1. The number of benzene rings is 3. The van der Waals surface area contributed by atoms with Crippen molar-refractivity contribution < 1.29 is 17.9 Å². The van der Waals surface area contributed by atoms with Gasteiger partial charge in [-0.1, -0.05) is 18.5 Å². The highest BCUT2D eigenvalue weighted by Gasteiger charge is 2.21. The van der Waals surface area contributed by atoms with Crippen molar-refractivity contribution in [2.45, 2.75) is 38.5 Å². The second kappa shape index (κ2) is 10.1. The number of rotatable bonds is 8. The van der Waals surface area contributed by atoms with E-state index in [0.717, 1.165) is 40.8 Å². The molecule has 0 spiro atoms. The molecule has 3 aromatic carbocycles. The van der Waals surface area contributed by atoms with Crippen LogP contribution in [0.3, 0.4) is 0 Å². The summed E-state index contributed by atoms with van der Waals surface area (Å²) >= 11 is 6.01. The van der Waals surface area contributed by atoms with E-state index in [4.69, 9.17) is 26.1 Å². The minimum absolute atomic E-state index is 0.0594. The maximum atomic E-state index is 13.0. The van der Waals surface area contributed by atoms with Gasteiger partial charge in [0, 0.05) is 17.1 Å². The Labute approximate surface area is 225 Å². The molecular formula is C27H26ClN5O4S. The average molecular weight is 552 g/mol. The zero-order chi connectivity index (χ0) is 27.0. The second-order valence-corrected chi connectivity index (χ2v) is 11.0. The number of aromatic nitrogens is 4. The average Bonchev–Trinajstić information content (AvgIpc) is 3.31. The van der Waals surface area contributed by atoms with Crippen LogP contribution in [0.4, 0.5) is 5.69 Å². The summed E-state index contributed by atoms with van der Waals surface area (Å²) in [6, 6.07) is 15.0. The summed E-state index contributed by atoms with van der Waals surface area (Å²) in [6.07, 6.45) is 1.68. The zero-order valence-electron chi connectivity index (χ0n) is 21.3. The van der Waals surface area contributed by atoms with Crippen LogP contribution in [0.25, 0.3) is 16.7 Å². The summed E-state index contributed by atoms with van der Waals surface area (Å²) in [5.74, 6) is 1.80. The molecule has 9 nitrogen and oxygen atoms in total. The van der Waals surface area contributed by atoms with Crippen LogP contribution in [0, 0.1) is 13.8 Å². The number of anilines is 1. The van der Waals surface area contributed by atoms with Crippen molar-refractivity contribution >= 4 is 44.0 Å². The lowest BCUT2D eigenvalue weighted by Gasteiger charge is -2.13. The molecule has 1 N–H and O–H groups in total. The van der Waals surface area contributed by atoms with Gasteiger partial charge < -0.3 is 9.47 Å². The fourth-order valence-electron chi connectivity index (χ4n) is 4.15. The molecule has 0 aliphatic heterocycles. The smallest absolute Gasteiger partial charge is 0.266 e. The Bertz CT molecular complexity index is 1770. The molecule has 0 saturated carbocycles. The molecule has 0 atom stereocenters. The Balaban J connectivity index is 1.47. The van der Waals surface area contributed by atoms with E-state index < -0.39 is 10.0 Å². The molecule has 2 aromatic heterocycles. The number of nitrogens with one attached hydrogen (secondary N) is 1. The van der Waals surface area contributed by atoms with Crippen molar-refractivity contribution in [2.24, 2.45) is 0 Å². The van der Waals surface area contributed by atoms with Gasteiger partial charge in [-0.05, 0) is 86.0 Å². The molecule has 0 aliphatic rings. The topological polar surface area (TPSA) is 108 Å². The number of halogens is 1. The molecule has 0 saturated heterocycles. The molecule has 0 unspecified atom stereocenters. The van der Waals surface area contributed by atoms with Gasteiger partial charge in [0.1, 0.15) is 22.2 Å². The van der Waals surface area contributed by atoms with Gasteiger partial charge in [-0.25, -0.2) is 13.4 Å². The second-order valence-electron chi connectivity index (χ2n) is 8.89. The molecule has 0 bridgehead atoms. The first kappa shape index (κ1) is 25.7. The van der Waals surface area contributed by atoms with Gasteiger partial charge in [0.15, 0.2) is 0 Å². The van der Waals surface area contributed by atoms with Crippen LogP contribution in [-0.4, -0.2) is 35.1 Å². The Hall–Kier alpha value is -3.89. The van der Waals surface area contributed by atoms with Crippen molar-refractivity contribution in [3.63, 3.8) is 0 Å². The van der Waals surface area contributed by atoms with Crippen LogP contribution in [-0.2, 0) is 16.4 Å². The minimum atomic E-state index is -3.95. The number of ether oxygens (including phenoxy) is 2. The number of fused-ring (bicyclic) bond motifs is 3. The van der Waals surface area contributed by atoms with Gasteiger partial charge in [-0.2, -0.15) is 0 Å². The molecule has 0 amide bonds. The Morgan fingerprint density at radius 3 is 2.45 bits per heavy atom. The normalized spacial score (nSPS) is 11.7. The highest BCUT2D eigenvalue weighted by atomic mass is 35.5. The predicted octanol–water partition coefficient (Wildman–Crippen LogP) is 6.10. The SMILES string of the molecule is CCCc1nnc2c(Oc3ccc(NS(=O)(=O)c4cc(Cl)ccc4OC)cc3)nc3cc(C)c(C)cc3n12. The number of sulfonamides is 1. The summed E-state index contributed by atoms with van der Waals surface area (Å²) in [6.45, 7) is 6.20. The van der Waals surface area contributed by atoms with Gasteiger partial charge >= 0.3 is 0 Å². The largest absolute Gasteiger partial charge is 0.495 e. The van der Waals surface area contributed by atoms with Gasteiger partial charge in [-0.3, -0.25) is 9.12 Å². The quantitative estimate of drug-likeness (QED) is 0.248. The molecule has 196 valence electrons. The van der Waals surface area contributed by atoms with Gasteiger partial charge in [-0.15, -0.1) is 10.2 Å². The van der Waals surface area contributed by atoms with Crippen LogP contribution < -0.4 is 14.2 Å². The molecule has 0 radical (unpaired) electrons. The highest BCUT2D eigenvalue weighted by Crippen LogP contribution is 2.32. The third kappa shape index (κ3) is 4.84. The molecular weight excluding hydrogens is 526 g/mol. The maximum Gasteiger partial charge on any atom is 0.266 e. The molecule has 38 heavy (non-hydrogen) atoms. The first-order valence-electron chi connectivity index (χ1n) is 12.0. The van der Waals surface area contributed by atoms with E-state index >= 15 is 0 Å². The van der Waals surface area contributed by atoms with Crippen LogP contribution >= 0.6 is 11.6 Å². The van der Waals surface area contributed by atoms with Crippen molar-refractivity contribution in [3.05, 3.63) is 76.6 Å². The zero-order valence-corrected chi connectivity index (χ0v) is 22.9. The van der Waals surface area contributed by atoms with Crippen molar-refractivity contribution in [3.8, 4) is 17.4 Å². The summed E-state index contributed by atoms with van der Waals surface area (Å²) < 4.78 is 41.8. The fraction of sp³-hybridized carbons (Fsp3) is 0.222. The number of hydrogen-bond donors (Lipinski definition) is 1. The van der Waals surface area contributed by atoms with E-state index in [-0.39, 0.29) is 15.7 Å². The lowest BCUT2D eigenvalue weighted by Crippen LogP contribution is -2.14. The minimum Gasteiger partial charge on any atom is -0.495 e. The van der Waals surface area contributed by atoms with E-state index in [9.17, 15) is 8.42 Å². The molecule has 11 heteroatoms. The van der Waals surface area contributed by atoms with E-state index in [2.05, 4.69) is 34.8 Å². The van der Waals surface area contributed by atoms with E-state index in [1.54, 1.807) is 30.3 Å². The molecule has 0 fully saturated rings. The summed E-state index contributed by atoms with van der Waals surface area (Å²) in [5, 5.41) is 9.04. The summed E-state index contributed by atoms with van der Waals surface area (Å²) in [7, 11) is -2.55. The van der Waals surface area contributed by atoms with E-state index in [0.29, 0.717) is 23.0 Å². The third-order valence-corrected chi connectivity index (χ3v) is 7.82. The lowest BCUT2D eigenvalue weighted by molar-refractivity contribution is 0.403. The van der Waals surface area contributed by atoms with Gasteiger partial charge in [0.05, 0.1) is 18.1 Å². The van der Waals surface area contributed by atoms with Crippen LogP contribution in [0.2, 0.25) is 5.02 Å². The van der Waals surface area contributed by atoms with Crippen molar-refractivity contribution in [1.29, 1.82) is 0 Å². The van der Waals surface area contributed by atoms with E-state index in [1.165, 1.54) is 19.2 Å². The lowest BCUT2D eigenvalue weighted by atomic mass is 10.1. The number of hydrogen-bond acceptors (Lipinski definition) is 7. The number of aryl methyl sites for hydroxylation is 3. The predicted molar refractivity (Wildman–Crippen MR) is 147 cm³/mol. The molecule has 2 heterocycles. The van der Waals surface area contributed by atoms with Gasteiger partial charge in [0.25, 0.3) is 15.9 Å². The first-order valence-corrected chi connectivity index (χ1v) is 13.9. The van der Waals surface area contributed by atoms with E-state index in [1.807, 2.05) is 17.4 Å². The van der Waals surface area contributed by atoms with Gasteiger partial charge in [0.2, 0.25) is 5.65 Å². The number of nitrogens with zero attached hydrogens (tertiary/aromatic N) is 4. The summed E-state index contributed by atoms with van der Waals surface area (Å²) in [5.41, 5.74) is 4.82. The molecule has 5 rings (SSSR count). The van der Waals surface area contributed by atoms with Crippen molar-refractivity contribution in [2.75, 3.05) is 11.8 Å². The standard InChI is InChI=1S/C27H26ClN5O4S/c1-5-6-25-30-31-26-27(29-21-13-16(2)17(3)14-22(21)33(25)26)37-20-10-8-19(9-11-20)32-38(34,35)24-15-18(28)7-12-23(24)36-4/h7-15,32H,5-6H2,1-4H3. The maximum absolute atomic E-state index is 13.0.